The van der Waals surface area contributed by atoms with Crippen molar-refractivity contribution in [2.24, 2.45) is 17.1 Å². The lowest BCUT2D eigenvalue weighted by Crippen LogP contribution is -2.40. The number of hydrogen-bond acceptors (Lipinski definition) is 2. The van der Waals surface area contributed by atoms with E-state index in [9.17, 15) is 4.79 Å². The van der Waals surface area contributed by atoms with Gasteiger partial charge in [-0.3, -0.25) is 4.79 Å². The highest BCUT2D eigenvalue weighted by molar-refractivity contribution is 5.76. The van der Waals surface area contributed by atoms with E-state index in [0.717, 1.165) is 12.3 Å². The molecule has 0 saturated heterocycles. The summed E-state index contributed by atoms with van der Waals surface area (Å²) in [6.07, 6.45) is 3.91. The Labute approximate surface area is 106 Å². The molecule has 0 aromatic carbocycles. The molecule has 0 bridgehead atoms. The largest absolute Gasteiger partial charge is 0.343 e. The van der Waals surface area contributed by atoms with E-state index < -0.39 is 0 Å². The zero-order valence-corrected chi connectivity index (χ0v) is 12.0. The molecule has 0 aromatic heterocycles. The van der Waals surface area contributed by atoms with Gasteiger partial charge in [-0.05, 0) is 37.5 Å². The lowest BCUT2D eigenvalue weighted by Gasteiger charge is -2.28. The normalized spacial score (nSPS) is 19.9. The average Bonchev–Trinajstić information content (AvgIpc) is 2.95. The van der Waals surface area contributed by atoms with Crippen LogP contribution in [0.15, 0.2) is 0 Å². The molecule has 2 atom stereocenters. The second-order valence-corrected chi connectivity index (χ2v) is 6.81. The molecule has 1 rings (SSSR count). The third-order valence-corrected chi connectivity index (χ3v) is 3.62. The molecule has 2 unspecified atom stereocenters. The van der Waals surface area contributed by atoms with Crippen molar-refractivity contribution >= 4 is 5.91 Å². The number of amides is 1. The fourth-order valence-electron chi connectivity index (χ4n) is 2.35. The second kappa shape index (κ2) is 5.38. The van der Waals surface area contributed by atoms with Gasteiger partial charge in [-0.1, -0.05) is 20.8 Å². The quantitative estimate of drug-likeness (QED) is 0.802. The van der Waals surface area contributed by atoms with Gasteiger partial charge in [0.25, 0.3) is 0 Å². The van der Waals surface area contributed by atoms with Gasteiger partial charge in [0.1, 0.15) is 0 Å². The molecule has 0 radical (unpaired) electrons. The fourth-order valence-corrected chi connectivity index (χ4v) is 2.35. The van der Waals surface area contributed by atoms with E-state index in [1.165, 1.54) is 12.8 Å². The molecule has 17 heavy (non-hydrogen) atoms. The van der Waals surface area contributed by atoms with Crippen LogP contribution in [0, 0.1) is 11.3 Å². The highest BCUT2D eigenvalue weighted by atomic mass is 16.2. The van der Waals surface area contributed by atoms with E-state index in [4.69, 9.17) is 5.73 Å². The van der Waals surface area contributed by atoms with Crippen molar-refractivity contribution in [2.45, 2.75) is 65.5 Å². The Balaban J connectivity index is 2.37. The Kier molecular flexibility index (Phi) is 4.59. The number of carbonyl (C=O) groups is 1. The molecular weight excluding hydrogens is 212 g/mol. The van der Waals surface area contributed by atoms with Crippen LogP contribution in [0.4, 0.5) is 0 Å². The minimum absolute atomic E-state index is 0.0173. The molecular formula is C14H28N2O. The maximum Gasteiger partial charge on any atom is 0.224 e. The number of carbonyl (C=O) groups excluding carboxylic acids is 1. The second-order valence-electron chi connectivity index (χ2n) is 6.81. The van der Waals surface area contributed by atoms with Crippen molar-refractivity contribution in [1.82, 2.24) is 4.90 Å². The lowest BCUT2D eigenvalue weighted by atomic mass is 9.87. The maximum absolute atomic E-state index is 12.1. The van der Waals surface area contributed by atoms with Crippen LogP contribution >= 0.6 is 0 Å². The molecule has 1 amide bonds. The molecule has 1 saturated carbocycles. The van der Waals surface area contributed by atoms with Crippen molar-refractivity contribution in [3.63, 3.8) is 0 Å². The summed E-state index contributed by atoms with van der Waals surface area (Å²) in [4.78, 5) is 13.9. The highest BCUT2D eigenvalue weighted by Crippen LogP contribution is 2.35. The molecule has 2 N–H and O–H groups in total. The zero-order chi connectivity index (χ0) is 13.2. The van der Waals surface area contributed by atoms with Gasteiger partial charge in [0.15, 0.2) is 0 Å². The minimum atomic E-state index is -0.0173. The molecule has 3 nitrogen and oxygen atoms in total. The first-order valence-corrected chi connectivity index (χ1v) is 6.72. The number of nitrogens with two attached hydrogens (primary N) is 1. The van der Waals surface area contributed by atoms with Crippen LogP contribution in [0.2, 0.25) is 0 Å². The van der Waals surface area contributed by atoms with E-state index in [-0.39, 0.29) is 17.4 Å². The predicted molar refractivity (Wildman–Crippen MR) is 71.6 cm³/mol. The van der Waals surface area contributed by atoms with Crippen LogP contribution < -0.4 is 5.73 Å². The fraction of sp³-hybridized carbons (Fsp3) is 0.929. The zero-order valence-electron chi connectivity index (χ0n) is 12.0. The van der Waals surface area contributed by atoms with Crippen molar-refractivity contribution in [2.75, 3.05) is 7.05 Å². The van der Waals surface area contributed by atoms with Gasteiger partial charge in [-0.2, -0.15) is 0 Å². The molecule has 100 valence electrons. The third kappa shape index (κ3) is 5.07. The van der Waals surface area contributed by atoms with Gasteiger partial charge < -0.3 is 10.6 Å². The summed E-state index contributed by atoms with van der Waals surface area (Å²) >= 11 is 0. The average molecular weight is 240 g/mol. The number of hydrogen-bond donors (Lipinski definition) is 1. The monoisotopic (exact) mass is 240 g/mol. The van der Waals surface area contributed by atoms with Gasteiger partial charge in [-0.15, -0.1) is 0 Å². The van der Waals surface area contributed by atoms with Crippen LogP contribution in [0.5, 0.6) is 0 Å². The molecule has 1 fully saturated rings. The minimum Gasteiger partial charge on any atom is -0.343 e. The van der Waals surface area contributed by atoms with Crippen molar-refractivity contribution in [3.8, 4) is 0 Å². The number of rotatable bonds is 5. The molecule has 1 aliphatic carbocycles. The van der Waals surface area contributed by atoms with E-state index >= 15 is 0 Å². The highest BCUT2D eigenvalue weighted by Gasteiger charge is 2.32. The number of nitrogens with zero attached hydrogens (tertiary/aromatic N) is 1. The van der Waals surface area contributed by atoms with Gasteiger partial charge in [0, 0.05) is 25.6 Å². The van der Waals surface area contributed by atoms with Crippen molar-refractivity contribution in [3.05, 3.63) is 0 Å². The molecule has 3 heteroatoms. The standard InChI is InChI=1S/C14H28N2O/c1-10(11-6-7-11)16(5)13(17)8-12(15)9-14(2,3)4/h10-12H,6-9,15H2,1-5H3. The SMILES string of the molecule is CC(C1CC1)N(C)C(=O)CC(N)CC(C)(C)C. The van der Waals surface area contributed by atoms with Gasteiger partial charge in [-0.25, -0.2) is 0 Å². The van der Waals surface area contributed by atoms with Crippen molar-refractivity contribution < 1.29 is 4.79 Å². The smallest absolute Gasteiger partial charge is 0.224 e. The summed E-state index contributed by atoms with van der Waals surface area (Å²) < 4.78 is 0. The van der Waals surface area contributed by atoms with Gasteiger partial charge in [0.2, 0.25) is 5.91 Å². The molecule has 0 aromatic rings. The Hall–Kier alpha value is -0.570. The Morgan fingerprint density at radius 2 is 1.94 bits per heavy atom. The first kappa shape index (κ1) is 14.5. The topological polar surface area (TPSA) is 46.3 Å². The van der Waals surface area contributed by atoms with Crippen molar-refractivity contribution in [1.29, 1.82) is 0 Å². The third-order valence-electron chi connectivity index (χ3n) is 3.62. The van der Waals surface area contributed by atoms with Crippen LogP contribution in [0.1, 0.15) is 53.4 Å². The first-order chi connectivity index (χ1) is 7.70. The molecule has 0 aliphatic heterocycles. The Morgan fingerprint density at radius 1 is 1.41 bits per heavy atom. The van der Waals surface area contributed by atoms with Gasteiger partial charge in [0.05, 0.1) is 0 Å². The van der Waals surface area contributed by atoms with Crippen LogP contribution in [0.25, 0.3) is 0 Å². The summed E-state index contributed by atoms with van der Waals surface area (Å²) in [5, 5.41) is 0. The Bertz CT molecular complexity index is 266. The van der Waals surface area contributed by atoms with Crippen LogP contribution in [-0.4, -0.2) is 29.9 Å². The van der Waals surface area contributed by atoms with Gasteiger partial charge >= 0.3 is 0 Å². The van der Waals surface area contributed by atoms with E-state index in [1.54, 1.807) is 0 Å². The summed E-state index contributed by atoms with van der Waals surface area (Å²) in [5.41, 5.74) is 6.24. The molecule has 0 heterocycles. The van der Waals surface area contributed by atoms with Crippen LogP contribution in [0.3, 0.4) is 0 Å². The Morgan fingerprint density at radius 3 is 2.35 bits per heavy atom. The van der Waals surface area contributed by atoms with E-state index in [2.05, 4.69) is 27.7 Å². The van der Waals surface area contributed by atoms with E-state index in [1.807, 2.05) is 11.9 Å². The van der Waals surface area contributed by atoms with Crippen LogP contribution in [-0.2, 0) is 4.79 Å². The first-order valence-electron chi connectivity index (χ1n) is 6.72. The maximum atomic E-state index is 12.1. The predicted octanol–water partition coefficient (Wildman–Crippen LogP) is 2.40. The molecule has 0 spiro atoms. The summed E-state index contributed by atoms with van der Waals surface area (Å²) in [5.74, 6) is 0.920. The molecule has 1 aliphatic rings. The lowest BCUT2D eigenvalue weighted by molar-refractivity contribution is -0.132. The summed E-state index contributed by atoms with van der Waals surface area (Å²) in [7, 11) is 1.91. The summed E-state index contributed by atoms with van der Waals surface area (Å²) in [6, 6.07) is 0.362. The van der Waals surface area contributed by atoms with E-state index in [0.29, 0.717) is 12.5 Å². The summed E-state index contributed by atoms with van der Waals surface area (Å²) in [6.45, 7) is 8.63.